The van der Waals surface area contributed by atoms with Crippen LogP contribution in [0.5, 0.6) is 0 Å². The molecule has 1 amide bonds. The minimum absolute atomic E-state index is 0.172. The first-order valence-corrected chi connectivity index (χ1v) is 7.81. The summed E-state index contributed by atoms with van der Waals surface area (Å²) in [4.78, 5) is 12.3. The number of halogens is 2. The molecule has 0 aliphatic heterocycles. The van der Waals surface area contributed by atoms with Gasteiger partial charge in [-0.3, -0.25) is 4.79 Å². The first kappa shape index (κ1) is 15.3. The second-order valence-corrected chi connectivity index (χ2v) is 5.88. The Morgan fingerprint density at radius 2 is 1.90 bits per heavy atom. The fourth-order valence-corrected chi connectivity index (χ4v) is 2.91. The third-order valence-electron chi connectivity index (χ3n) is 2.82. The molecule has 3 nitrogen and oxygen atoms in total. The van der Waals surface area contributed by atoms with Crippen LogP contribution in [0.3, 0.4) is 0 Å². The van der Waals surface area contributed by atoms with Crippen molar-refractivity contribution >= 4 is 40.6 Å². The average molecular weight is 329 g/mol. The molecule has 0 spiro atoms. The number of hydrogen-bond donors (Lipinski definition) is 1. The molecule has 0 aliphatic rings. The van der Waals surface area contributed by atoms with Crippen LogP contribution < -0.4 is 5.32 Å². The summed E-state index contributed by atoms with van der Waals surface area (Å²) < 4.78 is 3.84. The van der Waals surface area contributed by atoms with Crippen molar-refractivity contribution in [3.05, 3.63) is 50.4 Å². The van der Waals surface area contributed by atoms with Crippen molar-refractivity contribution in [2.75, 3.05) is 0 Å². The molecule has 1 aromatic heterocycles. The first-order chi connectivity index (χ1) is 9.61. The second-order valence-electron chi connectivity index (χ2n) is 4.37. The van der Waals surface area contributed by atoms with Gasteiger partial charge >= 0.3 is 0 Å². The molecule has 1 heterocycles. The minimum atomic E-state index is -0.253. The van der Waals surface area contributed by atoms with Gasteiger partial charge in [-0.05, 0) is 29.1 Å². The summed E-state index contributed by atoms with van der Waals surface area (Å²) in [6.07, 6.45) is 2.20. The molecule has 20 heavy (non-hydrogen) atoms. The summed E-state index contributed by atoms with van der Waals surface area (Å²) in [7, 11) is 0. The van der Waals surface area contributed by atoms with E-state index in [4.69, 9.17) is 23.2 Å². The standard InChI is InChI=1S/C14H14Cl2N2OS/c1-2-3-9-4-6-10(7-5-9)8-17-14(19)12-11(15)13(16)18-20-12/h4-7H,2-3,8H2,1H3,(H,17,19). The molecule has 106 valence electrons. The van der Waals surface area contributed by atoms with Crippen molar-refractivity contribution in [1.29, 1.82) is 0 Å². The van der Waals surface area contributed by atoms with Crippen molar-refractivity contribution in [3.63, 3.8) is 0 Å². The smallest absolute Gasteiger partial charge is 0.264 e. The van der Waals surface area contributed by atoms with E-state index in [1.165, 1.54) is 5.56 Å². The zero-order valence-electron chi connectivity index (χ0n) is 11.0. The highest BCUT2D eigenvalue weighted by atomic mass is 35.5. The molecule has 0 atom stereocenters. The molecule has 0 aliphatic carbocycles. The zero-order chi connectivity index (χ0) is 14.5. The Bertz CT molecular complexity index is 596. The number of rotatable bonds is 5. The Morgan fingerprint density at radius 1 is 1.25 bits per heavy atom. The lowest BCUT2D eigenvalue weighted by Crippen LogP contribution is -2.22. The fourth-order valence-electron chi connectivity index (χ4n) is 1.78. The molecule has 2 aromatic rings. The normalized spacial score (nSPS) is 10.6. The molecular formula is C14H14Cl2N2OS. The molecule has 0 bridgehead atoms. The van der Waals surface area contributed by atoms with E-state index in [1.54, 1.807) is 0 Å². The summed E-state index contributed by atoms with van der Waals surface area (Å²) >= 11 is 12.6. The van der Waals surface area contributed by atoms with Crippen molar-refractivity contribution in [2.24, 2.45) is 0 Å². The minimum Gasteiger partial charge on any atom is -0.347 e. The van der Waals surface area contributed by atoms with Gasteiger partial charge < -0.3 is 5.32 Å². The number of benzene rings is 1. The van der Waals surface area contributed by atoms with Gasteiger partial charge in [-0.15, -0.1) is 0 Å². The highest BCUT2D eigenvalue weighted by molar-refractivity contribution is 7.09. The van der Waals surface area contributed by atoms with Gasteiger partial charge in [-0.1, -0.05) is 60.8 Å². The number of hydrogen-bond acceptors (Lipinski definition) is 3. The number of nitrogens with one attached hydrogen (secondary N) is 1. The van der Waals surface area contributed by atoms with Gasteiger partial charge in [0.25, 0.3) is 5.91 Å². The predicted molar refractivity (Wildman–Crippen MR) is 83.7 cm³/mol. The quantitative estimate of drug-likeness (QED) is 0.887. The lowest BCUT2D eigenvalue weighted by molar-refractivity contribution is 0.0955. The van der Waals surface area contributed by atoms with E-state index in [1.807, 2.05) is 12.1 Å². The van der Waals surface area contributed by atoms with E-state index < -0.39 is 0 Å². The van der Waals surface area contributed by atoms with Gasteiger partial charge in [0.05, 0.1) is 0 Å². The molecule has 6 heteroatoms. The lowest BCUT2D eigenvalue weighted by atomic mass is 10.1. The highest BCUT2D eigenvalue weighted by Gasteiger charge is 2.16. The van der Waals surface area contributed by atoms with Crippen LogP contribution in [-0.4, -0.2) is 10.3 Å². The fraction of sp³-hybridized carbons (Fsp3) is 0.286. The van der Waals surface area contributed by atoms with E-state index >= 15 is 0 Å². The SMILES string of the molecule is CCCc1ccc(CNC(=O)c2snc(Cl)c2Cl)cc1. The summed E-state index contributed by atoms with van der Waals surface area (Å²) in [5, 5.41) is 3.20. The Balaban J connectivity index is 1.95. The molecule has 1 N–H and O–H groups in total. The van der Waals surface area contributed by atoms with Crippen LogP contribution in [0.25, 0.3) is 0 Å². The van der Waals surface area contributed by atoms with Crippen LogP contribution in [0.4, 0.5) is 0 Å². The Kier molecular flexibility index (Phi) is 5.40. The number of nitrogens with zero attached hydrogens (tertiary/aromatic N) is 1. The Hall–Kier alpha value is -1.10. The van der Waals surface area contributed by atoms with Crippen LogP contribution in [0, 0.1) is 0 Å². The summed E-state index contributed by atoms with van der Waals surface area (Å²) in [6.45, 7) is 2.61. The number of aromatic nitrogens is 1. The maximum atomic E-state index is 11.9. The average Bonchev–Trinajstić information content (AvgIpc) is 2.78. The number of carbonyl (C=O) groups excluding carboxylic acids is 1. The van der Waals surface area contributed by atoms with Gasteiger partial charge in [0, 0.05) is 6.54 Å². The summed E-state index contributed by atoms with van der Waals surface area (Å²) in [5.74, 6) is -0.253. The maximum Gasteiger partial charge on any atom is 0.264 e. The van der Waals surface area contributed by atoms with E-state index in [-0.39, 0.29) is 16.1 Å². The van der Waals surface area contributed by atoms with E-state index in [0.29, 0.717) is 11.4 Å². The molecule has 1 aromatic carbocycles. The molecule has 0 saturated carbocycles. The van der Waals surface area contributed by atoms with E-state index in [0.717, 1.165) is 29.9 Å². The monoisotopic (exact) mass is 328 g/mol. The van der Waals surface area contributed by atoms with Gasteiger partial charge in [0.1, 0.15) is 9.90 Å². The molecule has 2 rings (SSSR count). The molecular weight excluding hydrogens is 315 g/mol. The maximum absolute atomic E-state index is 11.9. The largest absolute Gasteiger partial charge is 0.347 e. The van der Waals surface area contributed by atoms with Crippen LogP contribution in [0.1, 0.15) is 34.1 Å². The predicted octanol–water partition coefficient (Wildman–Crippen LogP) is 4.33. The Morgan fingerprint density at radius 3 is 2.45 bits per heavy atom. The number of amides is 1. The van der Waals surface area contributed by atoms with E-state index in [2.05, 4.69) is 28.7 Å². The second kappa shape index (κ2) is 7.07. The number of carbonyl (C=O) groups is 1. The van der Waals surface area contributed by atoms with Crippen molar-refractivity contribution in [3.8, 4) is 0 Å². The topological polar surface area (TPSA) is 42.0 Å². The Labute approximate surface area is 132 Å². The summed E-state index contributed by atoms with van der Waals surface area (Å²) in [5.41, 5.74) is 2.35. The third-order valence-corrected chi connectivity index (χ3v) is 4.61. The molecule has 0 radical (unpaired) electrons. The summed E-state index contributed by atoms with van der Waals surface area (Å²) in [6, 6.07) is 8.21. The number of aryl methyl sites for hydroxylation is 1. The third kappa shape index (κ3) is 3.72. The molecule has 0 unspecified atom stereocenters. The first-order valence-electron chi connectivity index (χ1n) is 6.28. The van der Waals surface area contributed by atoms with Gasteiger partial charge in [0.2, 0.25) is 0 Å². The van der Waals surface area contributed by atoms with Crippen molar-refractivity contribution in [1.82, 2.24) is 9.69 Å². The molecule has 0 fully saturated rings. The van der Waals surface area contributed by atoms with Crippen molar-refractivity contribution in [2.45, 2.75) is 26.3 Å². The zero-order valence-corrected chi connectivity index (χ0v) is 13.3. The van der Waals surface area contributed by atoms with Gasteiger partial charge in [0.15, 0.2) is 5.15 Å². The molecule has 0 saturated heterocycles. The lowest BCUT2D eigenvalue weighted by Gasteiger charge is -2.05. The van der Waals surface area contributed by atoms with Crippen LogP contribution in [0.15, 0.2) is 24.3 Å². The van der Waals surface area contributed by atoms with Crippen LogP contribution in [0.2, 0.25) is 10.2 Å². The van der Waals surface area contributed by atoms with Crippen LogP contribution in [-0.2, 0) is 13.0 Å². The van der Waals surface area contributed by atoms with Gasteiger partial charge in [-0.25, -0.2) is 0 Å². The van der Waals surface area contributed by atoms with Crippen LogP contribution >= 0.6 is 34.7 Å². The van der Waals surface area contributed by atoms with Crippen molar-refractivity contribution < 1.29 is 4.79 Å². The van der Waals surface area contributed by atoms with E-state index in [9.17, 15) is 4.79 Å². The van der Waals surface area contributed by atoms with Gasteiger partial charge in [-0.2, -0.15) is 4.37 Å². The highest BCUT2D eigenvalue weighted by Crippen LogP contribution is 2.28.